The van der Waals surface area contributed by atoms with Crippen molar-refractivity contribution in [1.29, 1.82) is 5.26 Å². The van der Waals surface area contributed by atoms with Crippen LogP contribution in [0.3, 0.4) is 0 Å². The SMILES string of the molecule is N#Cc1ccc(NC(=O)CSc2nnc(NC3CCCCC3)s2)cc1Cl. The summed E-state index contributed by atoms with van der Waals surface area (Å²) in [6.07, 6.45) is 6.19. The molecule has 1 aromatic carbocycles. The molecule has 1 heterocycles. The minimum absolute atomic E-state index is 0.159. The van der Waals surface area contributed by atoms with Gasteiger partial charge in [-0.1, -0.05) is 54.0 Å². The molecule has 1 fully saturated rings. The van der Waals surface area contributed by atoms with Crippen molar-refractivity contribution in [2.45, 2.75) is 42.5 Å². The molecule has 9 heteroatoms. The Morgan fingerprint density at radius 2 is 2.15 bits per heavy atom. The zero-order valence-corrected chi connectivity index (χ0v) is 16.4. The Balaban J connectivity index is 1.47. The van der Waals surface area contributed by atoms with Gasteiger partial charge in [0.15, 0.2) is 4.34 Å². The lowest BCUT2D eigenvalue weighted by Gasteiger charge is -2.21. The van der Waals surface area contributed by atoms with Crippen LogP contribution in [-0.2, 0) is 4.79 Å². The van der Waals surface area contributed by atoms with Crippen LogP contribution in [0, 0.1) is 11.3 Å². The second-order valence-electron chi connectivity index (χ2n) is 6.00. The number of benzene rings is 1. The molecule has 1 aliphatic carbocycles. The molecule has 2 N–H and O–H groups in total. The van der Waals surface area contributed by atoms with E-state index in [0.29, 0.717) is 22.3 Å². The van der Waals surface area contributed by atoms with Crippen LogP contribution >= 0.6 is 34.7 Å². The summed E-state index contributed by atoms with van der Waals surface area (Å²) in [5.74, 6) is 0.0724. The topological polar surface area (TPSA) is 90.7 Å². The van der Waals surface area contributed by atoms with E-state index in [0.717, 1.165) is 9.47 Å². The molecule has 1 aromatic heterocycles. The molecular weight excluding hydrogens is 390 g/mol. The van der Waals surface area contributed by atoms with Crippen molar-refractivity contribution in [3.05, 3.63) is 28.8 Å². The fourth-order valence-corrected chi connectivity index (χ4v) is 4.61. The smallest absolute Gasteiger partial charge is 0.234 e. The quantitative estimate of drug-likeness (QED) is 0.683. The molecule has 0 spiro atoms. The Labute approximate surface area is 165 Å². The number of hydrogen-bond donors (Lipinski definition) is 2. The average Bonchev–Trinajstić information content (AvgIpc) is 3.08. The van der Waals surface area contributed by atoms with Gasteiger partial charge in [0.25, 0.3) is 0 Å². The first-order valence-electron chi connectivity index (χ1n) is 8.36. The summed E-state index contributed by atoms with van der Waals surface area (Å²) in [4.78, 5) is 12.1. The Bertz CT molecular complexity index is 814. The number of anilines is 2. The maximum Gasteiger partial charge on any atom is 0.234 e. The summed E-state index contributed by atoms with van der Waals surface area (Å²) < 4.78 is 0.760. The predicted octanol–water partition coefficient (Wildman–Crippen LogP) is 4.54. The zero-order valence-electron chi connectivity index (χ0n) is 14.0. The van der Waals surface area contributed by atoms with Gasteiger partial charge in [-0.25, -0.2) is 0 Å². The van der Waals surface area contributed by atoms with Gasteiger partial charge in [-0.15, -0.1) is 10.2 Å². The highest BCUT2D eigenvalue weighted by Gasteiger charge is 2.15. The molecule has 6 nitrogen and oxygen atoms in total. The molecule has 1 amide bonds. The van der Waals surface area contributed by atoms with E-state index in [4.69, 9.17) is 16.9 Å². The minimum Gasteiger partial charge on any atom is -0.357 e. The van der Waals surface area contributed by atoms with Gasteiger partial charge in [0, 0.05) is 11.7 Å². The van der Waals surface area contributed by atoms with Gasteiger partial charge in [-0.3, -0.25) is 4.79 Å². The first-order chi connectivity index (χ1) is 12.6. The van der Waals surface area contributed by atoms with E-state index in [2.05, 4.69) is 20.8 Å². The molecule has 3 rings (SSSR count). The van der Waals surface area contributed by atoms with Gasteiger partial charge in [-0.2, -0.15) is 5.26 Å². The monoisotopic (exact) mass is 407 g/mol. The summed E-state index contributed by atoms with van der Waals surface area (Å²) in [6, 6.07) is 7.28. The highest BCUT2D eigenvalue weighted by molar-refractivity contribution is 8.01. The van der Waals surface area contributed by atoms with Crippen LogP contribution in [-0.4, -0.2) is 27.9 Å². The molecule has 0 unspecified atom stereocenters. The summed E-state index contributed by atoms with van der Waals surface area (Å²) in [7, 11) is 0. The number of aromatic nitrogens is 2. The summed E-state index contributed by atoms with van der Waals surface area (Å²) >= 11 is 8.79. The van der Waals surface area contributed by atoms with Crippen LogP contribution in [0.4, 0.5) is 10.8 Å². The summed E-state index contributed by atoms with van der Waals surface area (Å²) in [6.45, 7) is 0. The lowest BCUT2D eigenvalue weighted by atomic mass is 9.96. The molecule has 0 atom stereocenters. The lowest BCUT2D eigenvalue weighted by Crippen LogP contribution is -2.21. The predicted molar refractivity (Wildman–Crippen MR) is 106 cm³/mol. The second-order valence-corrected chi connectivity index (χ2v) is 8.60. The number of carbonyl (C=O) groups is 1. The molecule has 0 bridgehead atoms. The molecule has 0 aliphatic heterocycles. The lowest BCUT2D eigenvalue weighted by molar-refractivity contribution is -0.113. The van der Waals surface area contributed by atoms with E-state index >= 15 is 0 Å². The molecule has 26 heavy (non-hydrogen) atoms. The maximum atomic E-state index is 12.1. The normalized spacial score (nSPS) is 14.6. The number of halogens is 1. The first kappa shape index (κ1) is 19.0. The standard InChI is InChI=1S/C17H18ClN5OS2/c18-14-8-13(7-6-11(14)9-19)20-15(24)10-25-17-23-22-16(26-17)21-12-4-2-1-3-5-12/h6-8,12H,1-5,10H2,(H,20,24)(H,21,22). The molecule has 1 saturated carbocycles. The number of amides is 1. The highest BCUT2D eigenvalue weighted by atomic mass is 35.5. The van der Waals surface area contributed by atoms with Gasteiger partial charge in [-0.05, 0) is 31.0 Å². The van der Waals surface area contributed by atoms with Crippen LogP contribution < -0.4 is 10.6 Å². The van der Waals surface area contributed by atoms with E-state index < -0.39 is 0 Å². The van der Waals surface area contributed by atoms with Crippen molar-refractivity contribution >= 4 is 51.4 Å². The summed E-state index contributed by atoms with van der Waals surface area (Å²) in [5.41, 5.74) is 0.947. The van der Waals surface area contributed by atoms with E-state index in [-0.39, 0.29) is 11.7 Å². The molecular formula is C17H18ClN5OS2. The van der Waals surface area contributed by atoms with Gasteiger partial charge < -0.3 is 10.6 Å². The van der Waals surface area contributed by atoms with E-state index in [1.54, 1.807) is 18.2 Å². The van der Waals surface area contributed by atoms with Crippen molar-refractivity contribution in [1.82, 2.24) is 10.2 Å². The number of hydrogen-bond acceptors (Lipinski definition) is 7. The number of nitrogens with zero attached hydrogens (tertiary/aromatic N) is 3. The molecule has 2 aromatic rings. The number of rotatable bonds is 6. The Hall–Kier alpha value is -1.82. The van der Waals surface area contributed by atoms with Crippen molar-refractivity contribution < 1.29 is 4.79 Å². The van der Waals surface area contributed by atoms with Crippen molar-refractivity contribution in [2.75, 3.05) is 16.4 Å². The van der Waals surface area contributed by atoms with Gasteiger partial charge >= 0.3 is 0 Å². The average molecular weight is 408 g/mol. The fraction of sp³-hybridized carbons (Fsp3) is 0.412. The second kappa shape index (κ2) is 9.21. The summed E-state index contributed by atoms with van der Waals surface area (Å²) in [5, 5.41) is 24.5. The number of carbonyl (C=O) groups excluding carboxylic acids is 1. The van der Waals surface area contributed by atoms with E-state index in [9.17, 15) is 4.79 Å². The highest BCUT2D eigenvalue weighted by Crippen LogP contribution is 2.28. The Morgan fingerprint density at radius 3 is 2.88 bits per heavy atom. The van der Waals surface area contributed by atoms with Crippen LogP contribution in [0.15, 0.2) is 22.5 Å². The molecule has 0 radical (unpaired) electrons. The number of nitrogens with one attached hydrogen (secondary N) is 2. The first-order valence-corrected chi connectivity index (χ1v) is 10.5. The fourth-order valence-electron chi connectivity index (χ4n) is 2.76. The Morgan fingerprint density at radius 1 is 1.35 bits per heavy atom. The molecule has 1 aliphatic rings. The van der Waals surface area contributed by atoms with Crippen molar-refractivity contribution in [3.8, 4) is 6.07 Å². The van der Waals surface area contributed by atoms with Gasteiger partial charge in [0.1, 0.15) is 6.07 Å². The van der Waals surface area contributed by atoms with Gasteiger partial charge in [0.05, 0.1) is 16.3 Å². The molecule has 0 saturated heterocycles. The van der Waals surface area contributed by atoms with Crippen LogP contribution in [0.5, 0.6) is 0 Å². The Kier molecular flexibility index (Phi) is 6.72. The number of thioether (sulfide) groups is 1. The van der Waals surface area contributed by atoms with Crippen LogP contribution in [0.2, 0.25) is 5.02 Å². The van der Waals surface area contributed by atoms with Crippen LogP contribution in [0.25, 0.3) is 0 Å². The number of nitriles is 1. The third kappa shape index (κ3) is 5.34. The third-order valence-corrected chi connectivity index (χ3v) is 6.34. The zero-order chi connectivity index (χ0) is 18.4. The van der Waals surface area contributed by atoms with Gasteiger partial charge in [0.2, 0.25) is 11.0 Å². The van der Waals surface area contributed by atoms with E-state index in [1.165, 1.54) is 55.2 Å². The largest absolute Gasteiger partial charge is 0.357 e. The minimum atomic E-state index is -0.159. The van der Waals surface area contributed by atoms with Crippen molar-refractivity contribution in [2.24, 2.45) is 0 Å². The van der Waals surface area contributed by atoms with Crippen molar-refractivity contribution in [3.63, 3.8) is 0 Å². The van der Waals surface area contributed by atoms with E-state index in [1.807, 2.05) is 6.07 Å². The third-order valence-electron chi connectivity index (χ3n) is 4.04. The molecule has 136 valence electrons. The van der Waals surface area contributed by atoms with Crippen LogP contribution in [0.1, 0.15) is 37.7 Å². The maximum absolute atomic E-state index is 12.1.